The lowest BCUT2D eigenvalue weighted by atomic mass is 10.2. The van der Waals surface area contributed by atoms with E-state index in [1.807, 2.05) is 4.72 Å². The number of nitrogens with one attached hydrogen (secondary N) is 2. The predicted octanol–water partition coefficient (Wildman–Crippen LogP) is -0.0219. The van der Waals surface area contributed by atoms with Gasteiger partial charge in [-0.15, -0.1) is 0 Å². The second kappa shape index (κ2) is 12.6. The van der Waals surface area contributed by atoms with E-state index in [0.717, 1.165) is 19.3 Å². The molecule has 0 aromatic heterocycles. The number of aliphatic imine (C=N–C) groups is 1. The van der Waals surface area contributed by atoms with Crippen molar-refractivity contribution in [1.29, 1.82) is 0 Å². The first-order valence-electron chi connectivity index (χ1n) is 8.98. The quantitative estimate of drug-likeness (QED) is 0.164. The SMILES string of the molecule is NC(N)=NCCCCCCNC(=O)OCC(NS(=O)(=O)c1ccccc1)C(=O)O. The molecule has 29 heavy (non-hydrogen) atoms. The number of ether oxygens (including phenoxy) is 1. The van der Waals surface area contributed by atoms with Gasteiger partial charge in [0, 0.05) is 13.1 Å². The molecule has 0 bridgehead atoms. The van der Waals surface area contributed by atoms with E-state index in [2.05, 4.69) is 10.3 Å². The molecular formula is C17H27N5O6S. The highest BCUT2D eigenvalue weighted by molar-refractivity contribution is 7.89. The van der Waals surface area contributed by atoms with Crippen LogP contribution < -0.4 is 21.5 Å². The minimum absolute atomic E-state index is 0.0557. The van der Waals surface area contributed by atoms with Crippen LogP contribution in [0.5, 0.6) is 0 Å². The van der Waals surface area contributed by atoms with E-state index >= 15 is 0 Å². The molecule has 1 rings (SSSR count). The third-order valence-electron chi connectivity index (χ3n) is 3.68. The topological polar surface area (TPSA) is 186 Å². The number of nitrogens with two attached hydrogens (primary N) is 2. The number of carboxylic acids is 1. The summed E-state index contributed by atoms with van der Waals surface area (Å²) in [6, 6.07) is 5.69. The molecule has 12 heteroatoms. The molecule has 0 saturated carbocycles. The summed E-state index contributed by atoms with van der Waals surface area (Å²) in [5.41, 5.74) is 10.4. The Morgan fingerprint density at radius 2 is 1.76 bits per heavy atom. The summed E-state index contributed by atoms with van der Waals surface area (Å²) < 4.78 is 31.2. The van der Waals surface area contributed by atoms with Crippen LogP contribution in [0.25, 0.3) is 0 Å². The van der Waals surface area contributed by atoms with Crippen LogP contribution in [0.2, 0.25) is 0 Å². The summed E-state index contributed by atoms with van der Waals surface area (Å²) in [4.78, 5) is 26.7. The molecule has 162 valence electrons. The van der Waals surface area contributed by atoms with Crippen LogP contribution in [0, 0.1) is 0 Å². The molecule has 1 unspecified atom stereocenters. The van der Waals surface area contributed by atoms with Crippen molar-refractivity contribution in [2.24, 2.45) is 16.5 Å². The molecule has 1 atom stereocenters. The highest BCUT2D eigenvalue weighted by atomic mass is 32.2. The minimum Gasteiger partial charge on any atom is -0.480 e. The Labute approximate surface area is 169 Å². The number of alkyl carbamates (subject to hydrolysis) is 1. The fraction of sp³-hybridized carbons (Fsp3) is 0.471. The first kappa shape index (κ1) is 24.2. The minimum atomic E-state index is -4.06. The molecule has 0 aliphatic heterocycles. The van der Waals surface area contributed by atoms with Crippen molar-refractivity contribution in [3.8, 4) is 0 Å². The van der Waals surface area contributed by atoms with Gasteiger partial charge in [0.2, 0.25) is 10.0 Å². The number of hydrogen-bond donors (Lipinski definition) is 5. The number of nitrogens with zero attached hydrogens (tertiary/aromatic N) is 1. The maximum atomic E-state index is 12.2. The molecule has 0 radical (unpaired) electrons. The number of hydrogen-bond acceptors (Lipinski definition) is 6. The number of aliphatic carboxylic acids is 1. The van der Waals surface area contributed by atoms with Crippen molar-refractivity contribution in [2.75, 3.05) is 19.7 Å². The molecular weight excluding hydrogens is 402 g/mol. The Hall–Kier alpha value is -2.86. The summed E-state index contributed by atoms with van der Waals surface area (Å²) in [7, 11) is -4.06. The van der Waals surface area contributed by atoms with Crippen molar-refractivity contribution in [1.82, 2.24) is 10.0 Å². The van der Waals surface area contributed by atoms with Gasteiger partial charge in [0.25, 0.3) is 0 Å². The second-order valence-corrected chi connectivity index (χ2v) is 7.79. The number of carbonyl (C=O) groups is 2. The van der Waals surface area contributed by atoms with Crippen molar-refractivity contribution in [3.05, 3.63) is 30.3 Å². The lowest BCUT2D eigenvalue weighted by Crippen LogP contribution is -2.45. The van der Waals surface area contributed by atoms with E-state index in [1.54, 1.807) is 6.07 Å². The molecule has 11 nitrogen and oxygen atoms in total. The summed E-state index contributed by atoms with van der Waals surface area (Å²) >= 11 is 0. The zero-order chi connectivity index (χ0) is 21.7. The van der Waals surface area contributed by atoms with Crippen LogP contribution in [0.15, 0.2) is 40.2 Å². The van der Waals surface area contributed by atoms with Crippen molar-refractivity contribution in [2.45, 2.75) is 36.6 Å². The van der Waals surface area contributed by atoms with Gasteiger partial charge in [0.05, 0.1) is 4.90 Å². The van der Waals surface area contributed by atoms with Crippen LogP contribution in [-0.4, -0.2) is 57.3 Å². The second-order valence-electron chi connectivity index (χ2n) is 6.07. The molecule has 0 fully saturated rings. The Morgan fingerprint density at radius 1 is 1.10 bits per heavy atom. The smallest absolute Gasteiger partial charge is 0.407 e. The molecule has 0 aliphatic carbocycles. The number of rotatable bonds is 13. The van der Waals surface area contributed by atoms with Gasteiger partial charge in [0.15, 0.2) is 12.0 Å². The molecule has 1 amide bonds. The Morgan fingerprint density at radius 3 is 2.38 bits per heavy atom. The zero-order valence-electron chi connectivity index (χ0n) is 15.9. The Bertz CT molecular complexity index is 781. The summed E-state index contributed by atoms with van der Waals surface area (Å²) in [6.45, 7) is 0.244. The van der Waals surface area contributed by atoms with Gasteiger partial charge < -0.3 is 26.6 Å². The number of unbranched alkanes of at least 4 members (excludes halogenated alkanes) is 3. The van der Waals surface area contributed by atoms with Gasteiger partial charge >= 0.3 is 12.1 Å². The first-order valence-corrected chi connectivity index (χ1v) is 10.5. The van der Waals surface area contributed by atoms with E-state index in [9.17, 15) is 23.1 Å². The largest absolute Gasteiger partial charge is 0.480 e. The summed E-state index contributed by atoms with van der Waals surface area (Å²) in [5.74, 6) is -1.40. The van der Waals surface area contributed by atoms with E-state index in [-0.39, 0.29) is 10.9 Å². The average molecular weight is 429 g/mol. The van der Waals surface area contributed by atoms with Gasteiger partial charge in [-0.3, -0.25) is 9.79 Å². The van der Waals surface area contributed by atoms with Gasteiger partial charge in [-0.2, -0.15) is 4.72 Å². The lowest BCUT2D eigenvalue weighted by molar-refractivity contribution is -0.139. The first-order chi connectivity index (χ1) is 13.7. The van der Waals surface area contributed by atoms with Gasteiger partial charge in [0.1, 0.15) is 6.61 Å². The number of carboxylic acid groups (broad SMARTS) is 1. The third-order valence-corrected chi connectivity index (χ3v) is 5.17. The van der Waals surface area contributed by atoms with Crippen LogP contribution in [0.4, 0.5) is 4.79 Å². The van der Waals surface area contributed by atoms with Crippen molar-refractivity contribution < 1.29 is 27.9 Å². The fourth-order valence-electron chi connectivity index (χ4n) is 2.21. The standard InChI is InChI=1S/C17H27N5O6S/c18-16(19)20-10-6-1-2-7-11-21-17(25)28-12-14(15(23)24)22-29(26,27)13-8-4-3-5-9-13/h3-5,8-9,14,22H,1-2,6-7,10-12H2,(H,21,25)(H,23,24)(H4,18,19,20). The van der Waals surface area contributed by atoms with Crippen molar-refractivity contribution in [3.63, 3.8) is 0 Å². The van der Waals surface area contributed by atoms with Gasteiger partial charge in [-0.05, 0) is 25.0 Å². The number of guanidine groups is 1. The van der Waals surface area contributed by atoms with Crippen molar-refractivity contribution >= 4 is 28.0 Å². The van der Waals surface area contributed by atoms with E-state index < -0.39 is 34.7 Å². The molecule has 1 aromatic carbocycles. The molecule has 1 aromatic rings. The monoisotopic (exact) mass is 429 g/mol. The summed E-state index contributed by atoms with van der Waals surface area (Å²) in [5, 5.41) is 11.7. The van der Waals surface area contributed by atoms with Gasteiger partial charge in [-0.1, -0.05) is 31.0 Å². The maximum Gasteiger partial charge on any atom is 0.407 e. The van der Waals surface area contributed by atoms with E-state index in [1.165, 1.54) is 24.3 Å². The van der Waals surface area contributed by atoms with Crippen LogP contribution in [-0.2, 0) is 19.6 Å². The third kappa shape index (κ3) is 10.3. The Balaban J connectivity index is 2.32. The highest BCUT2D eigenvalue weighted by Gasteiger charge is 2.26. The average Bonchev–Trinajstić information content (AvgIpc) is 2.67. The molecule has 0 saturated heterocycles. The normalized spacial score (nSPS) is 12.0. The lowest BCUT2D eigenvalue weighted by Gasteiger charge is -2.15. The van der Waals surface area contributed by atoms with E-state index in [4.69, 9.17) is 16.2 Å². The number of amides is 1. The van der Waals surface area contributed by atoms with Crippen LogP contribution in [0.3, 0.4) is 0 Å². The number of benzene rings is 1. The summed E-state index contributed by atoms with van der Waals surface area (Å²) in [6.07, 6.45) is 2.42. The number of carbonyl (C=O) groups excluding carboxylic acids is 1. The molecule has 0 heterocycles. The highest BCUT2D eigenvalue weighted by Crippen LogP contribution is 2.08. The Kier molecular flexibility index (Phi) is 10.5. The zero-order valence-corrected chi connectivity index (χ0v) is 16.7. The maximum absolute atomic E-state index is 12.2. The molecule has 0 aliphatic rings. The van der Waals surface area contributed by atoms with Crippen LogP contribution in [0.1, 0.15) is 25.7 Å². The van der Waals surface area contributed by atoms with Gasteiger partial charge in [-0.25, -0.2) is 13.2 Å². The van der Waals surface area contributed by atoms with E-state index in [0.29, 0.717) is 19.5 Å². The van der Waals surface area contributed by atoms with Crippen LogP contribution >= 0.6 is 0 Å². The molecule has 0 spiro atoms. The predicted molar refractivity (Wildman–Crippen MR) is 107 cm³/mol. The fourth-order valence-corrected chi connectivity index (χ4v) is 3.40. The number of sulfonamides is 1. The molecule has 7 N–H and O–H groups in total.